The van der Waals surface area contributed by atoms with Crippen molar-refractivity contribution in [1.82, 2.24) is 10.6 Å². The zero-order valence-electron chi connectivity index (χ0n) is 17.0. The fourth-order valence-electron chi connectivity index (χ4n) is 2.91. The number of amides is 2. The normalized spacial score (nSPS) is 9.93. The molecular weight excluding hydrogens is 380 g/mol. The van der Waals surface area contributed by atoms with Gasteiger partial charge in [-0.25, -0.2) is 4.79 Å². The van der Waals surface area contributed by atoms with E-state index in [2.05, 4.69) is 22.5 Å². The summed E-state index contributed by atoms with van der Waals surface area (Å²) in [5, 5.41) is 7.65. The number of fused-ring (bicyclic) bond motifs is 1. The summed E-state index contributed by atoms with van der Waals surface area (Å²) in [4.78, 5) is 11.9. The van der Waals surface area contributed by atoms with Crippen LogP contribution in [0.1, 0.15) is 5.56 Å². The topological polar surface area (TPSA) is 68.8 Å². The maximum atomic E-state index is 11.9. The lowest BCUT2D eigenvalue weighted by Crippen LogP contribution is -2.35. The zero-order valence-corrected chi connectivity index (χ0v) is 17.0. The number of hydrogen-bond donors (Lipinski definition) is 2. The molecule has 0 fully saturated rings. The Bertz CT molecular complexity index is 1060. The first-order valence-electron chi connectivity index (χ1n) is 9.50. The highest BCUT2D eigenvalue weighted by Gasteiger charge is 2.05. The zero-order chi connectivity index (χ0) is 21.2. The Labute approximate surface area is 176 Å². The third-order valence-electron chi connectivity index (χ3n) is 4.41. The van der Waals surface area contributed by atoms with Crippen molar-refractivity contribution in [3.63, 3.8) is 0 Å². The van der Waals surface area contributed by atoms with E-state index in [4.69, 9.17) is 14.2 Å². The Balaban J connectivity index is 1.40. The lowest BCUT2D eigenvalue weighted by molar-refractivity contribution is 0.241. The number of rotatable bonds is 7. The molecule has 0 aliphatic heterocycles. The van der Waals surface area contributed by atoms with Gasteiger partial charge in [0.25, 0.3) is 0 Å². The van der Waals surface area contributed by atoms with Crippen molar-refractivity contribution in [2.75, 3.05) is 27.4 Å². The lowest BCUT2D eigenvalue weighted by atomic mass is 10.1. The highest BCUT2D eigenvalue weighted by Crippen LogP contribution is 2.27. The summed E-state index contributed by atoms with van der Waals surface area (Å²) in [7, 11) is 3.15. The predicted octanol–water partition coefficient (Wildman–Crippen LogP) is 3.74. The molecule has 6 nitrogen and oxygen atoms in total. The maximum Gasteiger partial charge on any atom is 0.315 e. The number of carbonyl (C=O) groups excluding carboxylic acids is 1. The van der Waals surface area contributed by atoms with Crippen LogP contribution in [0.4, 0.5) is 4.79 Å². The number of methoxy groups -OCH3 is 2. The SMILES string of the molecule is COc1ccc(CNC(=O)NCC#CCOc2cccc3ccccc23)cc1OC. The molecular formula is C24H24N2O4. The molecule has 2 amide bonds. The van der Waals surface area contributed by atoms with Gasteiger partial charge in [-0.2, -0.15) is 0 Å². The van der Waals surface area contributed by atoms with E-state index in [1.54, 1.807) is 20.3 Å². The molecule has 6 heteroatoms. The van der Waals surface area contributed by atoms with Gasteiger partial charge in [0.05, 0.1) is 20.8 Å². The molecule has 3 rings (SSSR count). The standard InChI is InChI=1S/C24H24N2O4/c1-28-22-13-12-18(16-23(22)29-2)17-26-24(27)25-14-5-6-15-30-21-11-7-9-19-8-3-4-10-20(19)21/h3-4,7-13,16H,14-15,17H2,1-2H3,(H2,25,26,27). The molecule has 0 bridgehead atoms. The Morgan fingerprint density at radius 2 is 1.67 bits per heavy atom. The molecule has 0 saturated carbocycles. The van der Waals surface area contributed by atoms with Gasteiger partial charge in [-0.1, -0.05) is 54.3 Å². The first kappa shape index (κ1) is 20.9. The molecule has 30 heavy (non-hydrogen) atoms. The van der Waals surface area contributed by atoms with Crippen molar-refractivity contribution in [2.24, 2.45) is 0 Å². The van der Waals surface area contributed by atoms with Crippen LogP contribution in [0.2, 0.25) is 0 Å². The molecule has 0 aromatic heterocycles. The van der Waals surface area contributed by atoms with Crippen LogP contribution >= 0.6 is 0 Å². The summed E-state index contributed by atoms with van der Waals surface area (Å²) >= 11 is 0. The summed E-state index contributed by atoms with van der Waals surface area (Å²) in [6.07, 6.45) is 0. The smallest absolute Gasteiger partial charge is 0.315 e. The number of nitrogens with one attached hydrogen (secondary N) is 2. The van der Waals surface area contributed by atoms with Crippen LogP contribution in [0.5, 0.6) is 17.2 Å². The van der Waals surface area contributed by atoms with Crippen molar-refractivity contribution in [1.29, 1.82) is 0 Å². The Kier molecular flexibility index (Phi) is 7.39. The number of hydrogen-bond acceptors (Lipinski definition) is 4. The van der Waals surface area contributed by atoms with Gasteiger partial charge in [-0.15, -0.1) is 0 Å². The monoisotopic (exact) mass is 404 g/mol. The number of ether oxygens (including phenoxy) is 3. The van der Waals surface area contributed by atoms with Gasteiger partial charge in [0.15, 0.2) is 11.5 Å². The van der Waals surface area contributed by atoms with Gasteiger partial charge in [0, 0.05) is 11.9 Å². The highest BCUT2D eigenvalue weighted by molar-refractivity contribution is 5.88. The van der Waals surface area contributed by atoms with Gasteiger partial charge >= 0.3 is 6.03 Å². The third kappa shape index (κ3) is 5.58. The van der Waals surface area contributed by atoms with Crippen LogP contribution in [-0.4, -0.2) is 33.4 Å². The first-order chi connectivity index (χ1) is 14.7. The van der Waals surface area contributed by atoms with E-state index in [1.807, 2.05) is 54.6 Å². The quantitative estimate of drug-likeness (QED) is 0.589. The molecule has 0 atom stereocenters. The van der Waals surface area contributed by atoms with Gasteiger partial charge in [-0.05, 0) is 29.1 Å². The van der Waals surface area contributed by atoms with Crippen molar-refractivity contribution in [3.8, 4) is 29.1 Å². The van der Waals surface area contributed by atoms with E-state index in [0.29, 0.717) is 18.0 Å². The van der Waals surface area contributed by atoms with Crippen molar-refractivity contribution < 1.29 is 19.0 Å². The Morgan fingerprint density at radius 3 is 2.50 bits per heavy atom. The Morgan fingerprint density at radius 1 is 0.867 bits per heavy atom. The highest BCUT2D eigenvalue weighted by atomic mass is 16.5. The van der Waals surface area contributed by atoms with E-state index in [1.165, 1.54) is 0 Å². The van der Waals surface area contributed by atoms with Crippen molar-refractivity contribution in [2.45, 2.75) is 6.54 Å². The largest absolute Gasteiger partial charge is 0.493 e. The first-order valence-corrected chi connectivity index (χ1v) is 9.50. The van der Waals surface area contributed by atoms with Gasteiger partial charge in [0.1, 0.15) is 12.4 Å². The van der Waals surface area contributed by atoms with E-state index in [0.717, 1.165) is 22.1 Å². The molecule has 0 aliphatic carbocycles. The van der Waals surface area contributed by atoms with Crippen molar-refractivity contribution in [3.05, 3.63) is 66.2 Å². The summed E-state index contributed by atoms with van der Waals surface area (Å²) in [5.74, 6) is 7.85. The Hall–Kier alpha value is -3.85. The van der Waals surface area contributed by atoms with Gasteiger partial charge in [0.2, 0.25) is 0 Å². The predicted molar refractivity (Wildman–Crippen MR) is 117 cm³/mol. The van der Waals surface area contributed by atoms with Crippen molar-refractivity contribution >= 4 is 16.8 Å². The molecule has 0 aliphatic rings. The van der Waals surface area contributed by atoms with Crippen LogP contribution in [0.15, 0.2) is 60.7 Å². The minimum atomic E-state index is -0.297. The second kappa shape index (κ2) is 10.6. The van der Waals surface area contributed by atoms with Gasteiger partial charge < -0.3 is 24.8 Å². The minimum absolute atomic E-state index is 0.233. The molecule has 0 unspecified atom stereocenters. The lowest BCUT2D eigenvalue weighted by Gasteiger charge is -2.10. The summed E-state index contributed by atoms with van der Waals surface area (Å²) < 4.78 is 16.2. The second-order valence-corrected chi connectivity index (χ2v) is 6.35. The van der Waals surface area contributed by atoms with Crippen LogP contribution in [0.3, 0.4) is 0 Å². The number of benzene rings is 3. The molecule has 0 radical (unpaired) electrons. The van der Waals surface area contributed by atoms with E-state index in [-0.39, 0.29) is 19.2 Å². The van der Waals surface area contributed by atoms with Crippen LogP contribution in [-0.2, 0) is 6.54 Å². The van der Waals surface area contributed by atoms with Gasteiger partial charge in [-0.3, -0.25) is 0 Å². The maximum absolute atomic E-state index is 11.9. The van der Waals surface area contributed by atoms with E-state index < -0.39 is 0 Å². The fourth-order valence-corrected chi connectivity index (χ4v) is 2.91. The van der Waals surface area contributed by atoms with E-state index >= 15 is 0 Å². The third-order valence-corrected chi connectivity index (χ3v) is 4.41. The second-order valence-electron chi connectivity index (χ2n) is 6.35. The average Bonchev–Trinajstić information content (AvgIpc) is 2.79. The van der Waals surface area contributed by atoms with Crippen LogP contribution in [0, 0.1) is 11.8 Å². The summed E-state index contributed by atoms with van der Waals surface area (Å²) in [6, 6.07) is 19.1. The molecule has 0 saturated heterocycles. The average molecular weight is 404 g/mol. The fraction of sp³-hybridized carbons (Fsp3) is 0.208. The van der Waals surface area contributed by atoms with E-state index in [9.17, 15) is 4.79 Å². The van der Waals surface area contributed by atoms with Crippen LogP contribution < -0.4 is 24.8 Å². The number of urea groups is 1. The molecule has 3 aromatic carbocycles. The summed E-state index contributed by atoms with van der Waals surface area (Å²) in [5.41, 5.74) is 0.900. The summed E-state index contributed by atoms with van der Waals surface area (Å²) in [6.45, 7) is 0.851. The molecule has 0 spiro atoms. The molecule has 154 valence electrons. The van der Waals surface area contributed by atoms with Crippen LogP contribution in [0.25, 0.3) is 10.8 Å². The minimum Gasteiger partial charge on any atom is -0.493 e. The number of carbonyl (C=O) groups is 1. The molecule has 2 N–H and O–H groups in total. The molecule has 0 heterocycles. The molecule has 3 aromatic rings.